The molecule has 98 valence electrons. The molecule has 18 heavy (non-hydrogen) atoms. The van der Waals surface area contributed by atoms with Crippen molar-refractivity contribution in [2.75, 3.05) is 26.3 Å². The summed E-state index contributed by atoms with van der Waals surface area (Å²) >= 11 is 3.53. The minimum atomic E-state index is 0.269. The summed E-state index contributed by atoms with van der Waals surface area (Å²) in [4.78, 5) is 0. The molecule has 3 nitrogen and oxygen atoms in total. The monoisotopic (exact) mass is 311 g/mol. The van der Waals surface area contributed by atoms with Gasteiger partial charge in [-0.1, -0.05) is 18.7 Å². The fraction of sp³-hybridized carbons (Fsp3) is 0.429. The smallest absolute Gasteiger partial charge is 0.133 e. The molecule has 0 spiro atoms. The molecular formula is C14H18BrNO2. The third-order valence-electron chi connectivity index (χ3n) is 2.82. The lowest BCUT2D eigenvalue weighted by atomic mass is 10.1. The third-order valence-corrected chi connectivity index (χ3v) is 3.44. The van der Waals surface area contributed by atoms with Gasteiger partial charge in [0.15, 0.2) is 0 Å². The molecule has 0 bridgehead atoms. The number of halogens is 1. The van der Waals surface area contributed by atoms with Crippen LogP contribution in [0.15, 0.2) is 35.3 Å². The van der Waals surface area contributed by atoms with Crippen molar-refractivity contribution in [3.63, 3.8) is 0 Å². The Morgan fingerprint density at radius 2 is 2.44 bits per heavy atom. The van der Waals surface area contributed by atoms with E-state index in [1.165, 1.54) is 5.56 Å². The Hall–Kier alpha value is -0.840. The van der Waals surface area contributed by atoms with E-state index in [1.807, 2.05) is 6.07 Å². The molecule has 0 saturated carbocycles. The number of nitrogens with one attached hydrogen (secondary N) is 1. The van der Waals surface area contributed by atoms with Crippen LogP contribution in [0.1, 0.15) is 5.56 Å². The minimum Gasteiger partial charge on any atom is -0.488 e. The molecule has 0 aliphatic carbocycles. The number of hydrogen-bond acceptors (Lipinski definition) is 3. The molecule has 1 aromatic rings. The molecule has 0 aromatic heterocycles. The summed E-state index contributed by atoms with van der Waals surface area (Å²) < 4.78 is 12.2. The quantitative estimate of drug-likeness (QED) is 0.848. The van der Waals surface area contributed by atoms with Crippen LogP contribution < -0.4 is 10.1 Å². The number of morpholine rings is 1. The second-order valence-corrected chi connectivity index (χ2v) is 5.12. The number of rotatable bonds is 5. The van der Waals surface area contributed by atoms with Crippen LogP contribution in [0.5, 0.6) is 5.75 Å². The summed E-state index contributed by atoms with van der Waals surface area (Å²) in [7, 11) is 0. The average Bonchev–Trinajstić information content (AvgIpc) is 2.39. The molecule has 1 N–H and O–H groups in total. The lowest BCUT2D eigenvalue weighted by Gasteiger charge is -2.23. The van der Waals surface area contributed by atoms with Gasteiger partial charge in [-0.05, 0) is 40.0 Å². The largest absolute Gasteiger partial charge is 0.488 e. The number of ether oxygens (including phenoxy) is 2. The van der Waals surface area contributed by atoms with Gasteiger partial charge in [-0.15, -0.1) is 0 Å². The highest BCUT2D eigenvalue weighted by Crippen LogP contribution is 2.26. The molecule has 1 fully saturated rings. The van der Waals surface area contributed by atoms with Gasteiger partial charge in [0.25, 0.3) is 0 Å². The van der Waals surface area contributed by atoms with Crippen LogP contribution in [0.4, 0.5) is 0 Å². The van der Waals surface area contributed by atoms with Crippen LogP contribution >= 0.6 is 15.9 Å². The normalized spacial score (nSPS) is 19.5. The van der Waals surface area contributed by atoms with E-state index in [9.17, 15) is 0 Å². The third kappa shape index (κ3) is 3.83. The average molecular weight is 312 g/mol. The van der Waals surface area contributed by atoms with Gasteiger partial charge in [-0.25, -0.2) is 0 Å². The SMILES string of the molecule is C=CCOc1ccc(CC2CNCCO2)cc1Br. The van der Waals surface area contributed by atoms with Crippen LogP contribution in [-0.2, 0) is 11.2 Å². The Balaban J connectivity index is 1.96. The van der Waals surface area contributed by atoms with Crippen LogP contribution in [-0.4, -0.2) is 32.4 Å². The maximum atomic E-state index is 5.69. The summed E-state index contributed by atoms with van der Waals surface area (Å²) in [6, 6.07) is 6.16. The van der Waals surface area contributed by atoms with Gasteiger partial charge < -0.3 is 14.8 Å². The van der Waals surface area contributed by atoms with Crippen molar-refractivity contribution in [2.45, 2.75) is 12.5 Å². The molecule has 1 unspecified atom stereocenters. The fourth-order valence-electron chi connectivity index (χ4n) is 1.95. The topological polar surface area (TPSA) is 30.5 Å². The zero-order valence-corrected chi connectivity index (χ0v) is 11.9. The van der Waals surface area contributed by atoms with Crippen LogP contribution in [0.25, 0.3) is 0 Å². The predicted molar refractivity (Wildman–Crippen MR) is 76.1 cm³/mol. The molecule has 1 aliphatic rings. The second-order valence-electron chi connectivity index (χ2n) is 4.27. The van der Waals surface area contributed by atoms with Gasteiger partial charge in [0.1, 0.15) is 12.4 Å². The highest BCUT2D eigenvalue weighted by molar-refractivity contribution is 9.10. The van der Waals surface area contributed by atoms with Gasteiger partial charge in [0, 0.05) is 13.1 Å². The first-order chi connectivity index (χ1) is 8.79. The van der Waals surface area contributed by atoms with E-state index in [-0.39, 0.29) is 6.10 Å². The van der Waals surface area contributed by atoms with Crippen molar-refractivity contribution in [3.8, 4) is 5.75 Å². The molecule has 0 amide bonds. The standard InChI is InChI=1S/C14H18BrNO2/c1-2-6-18-14-4-3-11(9-13(14)15)8-12-10-16-5-7-17-12/h2-4,9,12,16H,1,5-8,10H2. The van der Waals surface area contributed by atoms with Crippen molar-refractivity contribution >= 4 is 15.9 Å². The van der Waals surface area contributed by atoms with Crippen molar-refractivity contribution in [1.29, 1.82) is 0 Å². The van der Waals surface area contributed by atoms with Gasteiger partial charge in [0.2, 0.25) is 0 Å². The van der Waals surface area contributed by atoms with E-state index in [0.717, 1.165) is 36.3 Å². The maximum absolute atomic E-state index is 5.69. The van der Waals surface area contributed by atoms with Crippen LogP contribution in [0.2, 0.25) is 0 Å². The highest BCUT2D eigenvalue weighted by atomic mass is 79.9. The van der Waals surface area contributed by atoms with Crippen molar-refractivity contribution in [2.24, 2.45) is 0 Å². The zero-order valence-electron chi connectivity index (χ0n) is 10.3. The van der Waals surface area contributed by atoms with Crippen LogP contribution in [0, 0.1) is 0 Å². The van der Waals surface area contributed by atoms with E-state index >= 15 is 0 Å². The summed E-state index contributed by atoms with van der Waals surface area (Å²) in [6.45, 7) is 6.83. The van der Waals surface area contributed by atoms with Crippen molar-refractivity contribution in [1.82, 2.24) is 5.32 Å². The molecule has 0 radical (unpaired) electrons. The maximum Gasteiger partial charge on any atom is 0.133 e. The molecule has 1 heterocycles. The Kier molecular flexibility index (Phi) is 5.23. The first-order valence-corrected chi connectivity index (χ1v) is 6.93. The number of benzene rings is 1. The van der Waals surface area contributed by atoms with Gasteiger partial charge >= 0.3 is 0 Å². The summed E-state index contributed by atoms with van der Waals surface area (Å²) in [5.41, 5.74) is 1.25. The summed E-state index contributed by atoms with van der Waals surface area (Å²) in [6.07, 6.45) is 2.93. The number of hydrogen-bond donors (Lipinski definition) is 1. The molecule has 2 rings (SSSR count). The molecule has 4 heteroatoms. The summed E-state index contributed by atoms with van der Waals surface area (Å²) in [5.74, 6) is 0.848. The Labute approximate surface area is 116 Å². The lowest BCUT2D eigenvalue weighted by molar-refractivity contribution is 0.0292. The van der Waals surface area contributed by atoms with Gasteiger partial charge in [-0.2, -0.15) is 0 Å². The van der Waals surface area contributed by atoms with E-state index in [0.29, 0.717) is 6.61 Å². The van der Waals surface area contributed by atoms with Crippen molar-refractivity contribution in [3.05, 3.63) is 40.9 Å². The van der Waals surface area contributed by atoms with E-state index in [1.54, 1.807) is 6.08 Å². The first kappa shape index (κ1) is 13.6. The molecule has 1 atom stereocenters. The predicted octanol–water partition coefficient (Wildman–Crippen LogP) is 2.54. The van der Waals surface area contributed by atoms with Crippen LogP contribution in [0.3, 0.4) is 0 Å². The molecular weight excluding hydrogens is 294 g/mol. The Morgan fingerprint density at radius 1 is 1.56 bits per heavy atom. The lowest BCUT2D eigenvalue weighted by Crippen LogP contribution is -2.39. The fourth-order valence-corrected chi connectivity index (χ4v) is 2.49. The van der Waals surface area contributed by atoms with Crippen molar-refractivity contribution < 1.29 is 9.47 Å². The molecule has 1 aromatic carbocycles. The van der Waals surface area contributed by atoms with Gasteiger partial charge in [0.05, 0.1) is 17.2 Å². The van der Waals surface area contributed by atoms with E-state index in [4.69, 9.17) is 9.47 Å². The van der Waals surface area contributed by atoms with E-state index < -0.39 is 0 Å². The Bertz CT molecular complexity index is 403. The minimum absolute atomic E-state index is 0.269. The van der Waals surface area contributed by atoms with Gasteiger partial charge in [-0.3, -0.25) is 0 Å². The second kappa shape index (κ2) is 6.92. The van der Waals surface area contributed by atoms with E-state index in [2.05, 4.69) is 40.0 Å². The summed E-state index contributed by atoms with van der Waals surface area (Å²) in [5, 5.41) is 3.34. The highest BCUT2D eigenvalue weighted by Gasteiger charge is 2.14. The Morgan fingerprint density at radius 3 is 3.11 bits per heavy atom. The zero-order chi connectivity index (χ0) is 12.8. The first-order valence-electron chi connectivity index (χ1n) is 6.14. The molecule has 1 aliphatic heterocycles. The molecule has 1 saturated heterocycles.